The first-order valence-electron chi connectivity index (χ1n) is 8.43. The predicted molar refractivity (Wildman–Crippen MR) is 91.4 cm³/mol. The van der Waals surface area contributed by atoms with Crippen molar-refractivity contribution in [3.63, 3.8) is 0 Å². The van der Waals surface area contributed by atoms with Crippen LogP contribution in [0.3, 0.4) is 0 Å². The number of carboxylic acids is 1. The number of hydrogen-bond acceptors (Lipinski definition) is 3. The molecule has 0 aliphatic carbocycles. The fourth-order valence-electron chi connectivity index (χ4n) is 2.77. The molecule has 1 aliphatic rings. The molecule has 6 nitrogen and oxygen atoms in total. The van der Waals surface area contributed by atoms with E-state index >= 15 is 0 Å². The van der Waals surface area contributed by atoms with Gasteiger partial charge in [-0.05, 0) is 50.3 Å². The number of nitrogens with zero attached hydrogens (tertiary/aromatic N) is 1. The topological polar surface area (TPSA) is 78.9 Å². The molecule has 1 fully saturated rings. The Bertz CT molecular complexity index is 580. The van der Waals surface area contributed by atoms with E-state index in [0.717, 1.165) is 17.7 Å². The van der Waals surface area contributed by atoms with E-state index in [1.165, 1.54) is 5.56 Å². The molecule has 0 atom stereocenters. The molecule has 132 valence electrons. The van der Waals surface area contributed by atoms with Crippen LogP contribution in [0.5, 0.6) is 5.75 Å². The van der Waals surface area contributed by atoms with Crippen LogP contribution in [0.1, 0.15) is 30.4 Å². The summed E-state index contributed by atoms with van der Waals surface area (Å²) < 4.78 is 5.76. The third-order valence-corrected chi connectivity index (χ3v) is 4.54. The Labute approximate surface area is 142 Å². The highest BCUT2D eigenvalue weighted by molar-refractivity contribution is 5.75. The van der Waals surface area contributed by atoms with E-state index in [9.17, 15) is 9.59 Å². The number of carboxylic acid groups (broad SMARTS) is 1. The molecule has 24 heavy (non-hydrogen) atoms. The van der Waals surface area contributed by atoms with Crippen LogP contribution in [0.15, 0.2) is 18.2 Å². The molecular formula is C18H26N2O4. The number of urea groups is 1. The molecule has 2 amide bonds. The second-order valence-corrected chi connectivity index (χ2v) is 6.23. The Morgan fingerprint density at radius 3 is 2.67 bits per heavy atom. The average molecular weight is 334 g/mol. The van der Waals surface area contributed by atoms with Crippen molar-refractivity contribution in [1.82, 2.24) is 10.2 Å². The number of piperidine rings is 1. The zero-order chi connectivity index (χ0) is 17.5. The number of benzene rings is 1. The van der Waals surface area contributed by atoms with E-state index in [0.29, 0.717) is 39.1 Å². The van der Waals surface area contributed by atoms with Gasteiger partial charge in [0.1, 0.15) is 5.75 Å². The predicted octanol–water partition coefficient (Wildman–Crippen LogP) is 2.58. The van der Waals surface area contributed by atoms with Gasteiger partial charge in [-0.2, -0.15) is 0 Å². The lowest BCUT2D eigenvalue weighted by atomic mass is 9.97. The number of ether oxygens (including phenoxy) is 1. The van der Waals surface area contributed by atoms with Crippen LogP contribution < -0.4 is 10.1 Å². The fraction of sp³-hybridized carbons (Fsp3) is 0.556. The number of rotatable bonds is 6. The van der Waals surface area contributed by atoms with Gasteiger partial charge in [0, 0.05) is 19.6 Å². The number of amides is 2. The number of nitrogens with one attached hydrogen (secondary N) is 1. The monoisotopic (exact) mass is 334 g/mol. The highest BCUT2D eigenvalue weighted by atomic mass is 16.5. The minimum Gasteiger partial charge on any atom is -0.493 e. The van der Waals surface area contributed by atoms with Crippen molar-refractivity contribution in [2.45, 2.75) is 33.1 Å². The Kier molecular flexibility index (Phi) is 6.46. The van der Waals surface area contributed by atoms with Crippen LogP contribution in [0.4, 0.5) is 4.79 Å². The van der Waals surface area contributed by atoms with Crippen LogP contribution in [0.2, 0.25) is 0 Å². The molecule has 1 heterocycles. The largest absolute Gasteiger partial charge is 0.493 e. The van der Waals surface area contributed by atoms with Crippen molar-refractivity contribution in [2.75, 3.05) is 26.2 Å². The first-order valence-corrected chi connectivity index (χ1v) is 8.43. The maximum atomic E-state index is 12.0. The number of carbonyl (C=O) groups is 2. The number of likely N-dealkylation sites (tertiary alicyclic amines) is 1. The molecule has 0 radical (unpaired) electrons. The van der Waals surface area contributed by atoms with Gasteiger partial charge >= 0.3 is 12.0 Å². The molecule has 1 aromatic rings. The van der Waals surface area contributed by atoms with Crippen molar-refractivity contribution >= 4 is 12.0 Å². The van der Waals surface area contributed by atoms with Crippen LogP contribution in [-0.2, 0) is 4.79 Å². The van der Waals surface area contributed by atoms with Crippen LogP contribution >= 0.6 is 0 Å². The Hall–Kier alpha value is -2.24. The van der Waals surface area contributed by atoms with E-state index in [2.05, 4.69) is 18.3 Å². The SMILES string of the molecule is Cc1cccc(OCCCNC(=O)N2CCC(C(=O)O)CC2)c1C. The van der Waals surface area contributed by atoms with Gasteiger partial charge in [0.2, 0.25) is 0 Å². The third kappa shape index (κ3) is 4.88. The Balaban J connectivity index is 1.63. The zero-order valence-corrected chi connectivity index (χ0v) is 14.4. The van der Waals surface area contributed by atoms with E-state index in [1.807, 2.05) is 19.1 Å². The normalized spacial score (nSPS) is 15.2. The molecular weight excluding hydrogens is 308 g/mol. The zero-order valence-electron chi connectivity index (χ0n) is 14.4. The standard InChI is InChI=1S/C18H26N2O4/c1-13-5-3-6-16(14(13)2)24-12-4-9-19-18(23)20-10-7-15(8-11-20)17(21)22/h3,5-6,15H,4,7-12H2,1-2H3,(H,19,23)(H,21,22). The lowest BCUT2D eigenvalue weighted by Crippen LogP contribution is -2.45. The molecule has 0 aromatic heterocycles. The van der Waals surface area contributed by atoms with E-state index in [4.69, 9.17) is 9.84 Å². The molecule has 2 rings (SSSR count). The van der Waals surface area contributed by atoms with Gasteiger partial charge < -0.3 is 20.1 Å². The quantitative estimate of drug-likeness (QED) is 0.784. The first kappa shape index (κ1) is 18.1. The van der Waals surface area contributed by atoms with Crippen molar-refractivity contribution in [1.29, 1.82) is 0 Å². The summed E-state index contributed by atoms with van der Waals surface area (Å²) in [7, 11) is 0. The molecule has 0 saturated carbocycles. The summed E-state index contributed by atoms with van der Waals surface area (Å²) >= 11 is 0. The molecule has 2 N–H and O–H groups in total. The van der Waals surface area contributed by atoms with Gasteiger partial charge in [-0.15, -0.1) is 0 Å². The summed E-state index contributed by atoms with van der Waals surface area (Å²) in [6.07, 6.45) is 1.78. The van der Waals surface area contributed by atoms with Crippen molar-refractivity contribution in [3.05, 3.63) is 29.3 Å². The van der Waals surface area contributed by atoms with Gasteiger partial charge in [0.05, 0.1) is 12.5 Å². The van der Waals surface area contributed by atoms with Crippen molar-refractivity contribution < 1.29 is 19.4 Å². The van der Waals surface area contributed by atoms with Gasteiger partial charge in [0.15, 0.2) is 0 Å². The summed E-state index contributed by atoms with van der Waals surface area (Å²) in [6.45, 7) is 6.18. The molecule has 1 aromatic carbocycles. The number of carbonyl (C=O) groups excluding carboxylic acids is 1. The Morgan fingerprint density at radius 2 is 2.00 bits per heavy atom. The third-order valence-electron chi connectivity index (χ3n) is 4.54. The van der Waals surface area contributed by atoms with Gasteiger partial charge in [-0.3, -0.25) is 4.79 Å². The minimum atomic E-state index is -0.765. The smallest absolute Gasteiger partial charge is 0.317 e. The summed E-state index contributed by atoms with van der Waals surface area (Å²) in [4.78, 5) is 24.6. The lowest BCUT2D eigenvalue weighted by molar-refractivity contribution is -0.143. The highest BCUT2D eigenvalue weighted by Gasteiger charge is 2.26. The van der Waals surface area contributed by atoms with Gasteiger partial charge in [0.25, 0.3) is 0 Å². The maximum absolute atomic E-state index is 12.0. The van der Waals surface area contributed by atoms with Crippen LogP contribution in [0.25, 0.3) is 0 Å². The van der Waals surface area contributed by atoms with E-state index in [1.54, 1.807) is 4.90 Å². The lowest BCUT2D eigenvalue weighted by Gasteiger charge is -2.30. The molecule has 0 unspecified atom stereocenters. The summed E-state index contributed by atoms with van der Waals surface area (Å²) in [6, 6.07) is 5.86. The summed E-state index contributed by atoms with van der Waals surface area (Å²) in [5.41, 5.74) is 2.34. The van der Waals surface area contributed by atoms with Gasteiger partial charge in [-0.1, -0.05) is 12.1 Å². The molecule has 1 aliphatic heterocycles. The number of aryl methyl sites for hydroxylation is 1. The van der Waals surface area contributed by atoms with Crippen LogP contribution in [-0.4, -0.2) is 48.2 Å². The number of aliphatic carboxylic acids is 1. The molecule has 0 bridgehead atoms. The van der Waals surface area contributed by atoms with E-state index in [-0.39, 0.29) is 11.9 Å². The minimum absolute atomic E-state index is 0.120. The molecule has 6 heteroatoms. The Morgan fingerprint density at radius 1 is 1.29 bits per heavy atom. The molecule has 0 spiro atoms. The fourth-order valence-corrected chi connectivity index (χ4v) is 2.77. The van der Waals surface area contributed by atoms with Crippen LogP contribution in [0, 0.1) is 19.8 Å². The second kappa shape index (κ2) is 8.57. The number of hydrogen-bond donors (Lipinski definition) is 2. The highest BCUT2D eigenvalue weighted by Crippen LogP contribution is 2.20. The second-order valence-electron chi connectivity index (χ2n) is 6.23. The van der Waals surface area contributed by atoms with E-state index < -0.39 is 5.97 Å². The first-order chi connectivity index (χ1) is 11.5. The maximum Gasteiger partial charge on any atom is 0.317 e. The summed E-state index contributed by atoms with van der Waals surface area (Å²) in [5, 5.41) is 11.8. The summed E-state index contributed by atoms with van der Waals surface area (Å²) in [5.74, 6) is -0.198. The average Bonchev–Trinajstić information content (AvgIpc) is 2.58. The van der Waals surface area contributed by atoms with Gasteiger partial charge in [-0.25, -0.2) is 4.79 Å². The van der Waals surface area contributed by atoms with Crippen molar-refractivity contribution in [3.8, 4) is 5.75 Å². The molecule has 1 saturated heterocycles. The van der Waals surface area contributed by atoms with Crippen molar-refractivity contribution in [2.24, 2.45) is 5.92 Å².